The highest BCUT2D eigenvalue weighted by Gasteiger charge is 2.22. The highest BCUT2D eigenvalue weighted by Crippen LogP contribution is 2.37. The number of hydrogen-bond acceptors (Lipinski definition) is 9. The van der Waals surface area contributed by atoms with E-state index in [2.05, 4.69) is 15.4 Å². The van der Waals surface area contributed by atoms with Crippen molar-refractivity contribution in [2.45, 2.75) is 34.2 Å². The molecule has 0 unspecified atom stereocenters. The summed E-state index contributed by atoms with van der Waals surface area (Å²) in [7, 11) is 0. The van der Waals surface area contributed by atoms with Gasteiger partial charge in [0.15, 0.2) is 14.4 Å². The van der Waals surface area contributed by atoms with E-state index in [1.54, 1.807) is 36.1 Å². The van der Waals surface area contributed by atoms with Crippen molar-refractivity contribution < 1.29 is 14.1 Å². The number of carbonyl (C=O) groups is 1. The zero-order valence-corrected chi connectivity index (χ0v) is 14.4. The topological polar surface area (TPSA) is 78.1 Å². The first-order valence-corrected chi connectivity index (χ1v) is 9.75. The van der Waals surface area contributed by atoms with Gasteiger partial charge in [0.1, 0.15) is 5.76 Å². The Morgan fingerprint density at radius 3 is 2.91 bits per heavy atom. The van der Waals surface area contributed by atoms with Crippen LogP contribution in [0.2, 0.25) is 0 Å². The molecule has 2 heterocycles. The van der Waals surface area contributed by atoms with Crippen LogP contribution in [0.25, 0.3) is 0 Å². The Morgan fingerprint density at radius 1 is 1.41 bits per heavy atom. The van der Waals surface area contributed by atoms with Crippen LogP contribution in [0.1, 0.15) is 36.0 Å². The molecule has 22 heavy (non-hydrogen) atoms. The highest BCUT2D eigenvalue weighted by molar-refractivity contribution is 8.02. The van der Waals surface area contributed by atoms with E-state index >= 15 is 0 Å². The van der Waals surface area contributed by atoms with Crippen molar-refractivity contribution in [1.82, 2.24) is 15.4 Å². The fraction of sp³-hybridized carbons (Fsp3) is 0.538. The van der Waals surface area contributed by atoms with Gasteiger partial charge in [-0.15, -0.1) is 10.2 Å². The molecule has 0 amide bonds. The molecule has 0 atom stereocenters. The van der Waals surface area contributed by atoms with Gasteiger partial charge in [-0.3, -0.25) is 0 Å². The quantitative estimate of drug-likeness (QED) is 0.525. The zero-order chi connectivity index (χ0) is 15.4. The Labute approximate surface area is 140 Å². The van der Waals surface area contributed by atoms with E-state index in [0.717, 1.165) is 20.4 Å². The summed E-state index contributed by atoms with van der Waals surface area (Å²) < 4.78 is 11.9. The van der Waals surface area contributed by atoms with Crippen LogP contribution in [0.15, 0.2) is 19.3 Å². The average Bonchev–Trinajstić information content (AvgIpc) is 3.04. The molecule has 0 radical (unpaired) electrons. The summed E-state index contributed by atoms with van der Waals surface area (Å²) in [6.45, 7) is 2.07. The molecular weight excluding hydrogens is 342 g/mol. The number of thioether (sulfide) groups is 2. The molecule has 0 bridgehead atoms. The molecule has 1 aliphatic carbocycles. The number of nitrogens with zero attached hydrogens (tertiary/aromatic N) is 3. The summed E-state index contributed by atoms with van der Waals surface area (Å²) in [5.74, 6) is 2.74. The molecule has 0 N–H and O–H groups in total. The van der Waals surface area contributed by atoms with E-state index in [-0.39, 0.29) is 5.69 Å². The molecular formula is C13H15N3O3S3. The second-order valence-corrected chi connectivity index (χ2v) is 8.24. The predicted molar refractivity (Wildman–Crippen MR) is 85.4 cm³/mol. The third-order valence-electron chi connectivity index (χ3n) is 2.91. The van der Waals surface area contributed by atoms with Gasteiger partial charge in [-0.05, 0) is 25.7 Å². The summed E-state index contributed by atoms with van der Waals surface area (Å²) >= 11 is 4.90. The van der Waals surface area contributed by atoms with Crippen molar-refractivity contribution in [3.8, 4) is 0 Å². The van der Waals surface area contributed by atoms with Gasteiger partial charge in [-0.1, -0.05) is 40.0 Å². The van der Waals surface area contributed by atoms with Crippen molar-refractivity contribution in [2.75, 3.05) is 12.4 Å². The molecule has 3 rings (SSSR count). The molecule has 0 aromatic carbocycles. The van der Waals surface area contributed by atoms with Gasteiger partial charge < -0.3 is 9.26 Å². The van der Waals surface area contributed by atoms with Gasteiger partial charge in [-0.25, -0.2) is 4.79 Å². The van der Waals surface area contributed by atoms with Gasteiger partial charge in [0.05, 0.1) is 12.4 Å². The summed E-state index contributed by atoms with van der Waals surface area (Å²) in [6, 6.07) is 1.61. The van der Waals surface area contributed by atoms with Gasteiger partial charge in [0.25, 0.3) is 0 Å². The standard InChI is InChI=1S/C13H15N3O3S3/c1-2-18-11(17)10-5-9(19-16-10)7-21-13-15-14-12(22-13)20-6-8-3-4-8/h5,8H,2-4,6-7H2,1H3. The summed E-state index contributed by atoms with van der Waals surface area (Å²) in [5, 5.41) is 12.0. The minimum Gasteiger partial charge on any atom is -0.461 e. The van der Waals surface area contributed by atoms with E-state index in [1.807, 2.05) is 0 Å². The smallest absolute Gasteiger partial charge is 0.360 e. The number of ether oxygens (including phenoxy) is 1. The Bertz CT molecular complexity index is 639. The van der Waals surface area contributed by atoms with Crippen LogP contribution in [-0.2, 0) is 10.5 Å². The van der Waals surface area contributed by atoms with E-state index in [9.17, 15) is 4.79 Å². The second-order valence-electron chi connectivity index (χ2n) is 4.78. The maximum Gasteiger partial charge on any atom is 0.360 e. The van der Waals surface area contributed by atoms with Crippen molar-refractivity contribution in [1.29, 1.82) is 0 Å². The molecule has 9 heteroatoms. The highest BCUT2D eigenvalue weighted by atomic mass is 32.2. The lowest BCUT2D eigenvalue weighted by Gasteiger charge is -1.94. The predicted octanol–water partition coefficient (Wildman–Crippen LogP) is 3.50. The number of rotatable bonds is 8. The van der Waals surface area contributed by atoms with Crippen LogP contribution in [0.4, 0.5) is 0 Å². The molecule has 118 valence electrons. The maximum atomic E-state index is 11.5. The Hall–Kier alpha value is -1.06. The lowest BCUT2D eigenvalue weighted by atomic mass is 10.4. The third kappa shape index (κ3) is 4.47. The van der Waals surface area contributed by atoms with Gasteiger partial charge in [-0.2, -0.15) is 0 Å². The van der Waals surface area contributed by atoms with Crippen molar-refractivity contribution in [2.24, 2.45) is 5.92 Å². The molecule has 2 aromatic rings. The largest absolute Gasteiger partial charge is 0.461 e. The number of aromatic nitrogens is 3. The van der Waals surface area contributed by atoms with Crippen LogP contribution in [0.3, 0.4) is 0 Å². The molecule has 0 aliphatic heterocycles. The second kappa shape index (κ2) is 7.47. The summed E-state index contributed by atoms with van der Waals surface area (Å²) in [5.41, 5.74) is 0.204. The summed E-state index contributed by atoms with van der Waals surface area (Å²) in [4.78, 5) is 11.5. The van der Waals surface area contributed by atoms with Crippen LogP contribution in [-0.4, -0.2) is 33.7 Å². The average molecular weight is 357 g/mol. The van der Waals surface area contributed by atoms with E-state index in [4.69, 9.17) is 9.26 Å². The van der Waals surface area contributed by atoms with Crippen LogP contribution < -0.4 is 0 Å². The first kappa shape index (κ1) is 15.8. The number of hydrogen-bond donors (Lipinski definition) is 0. The molecule has 0 saturated heterocycles. The first-order valence-electron chi connectivity index (χ1n) is 6.96. The summed E-state index contributed by atoms with van der Waals surface area (Å²) in [6.07, 6.45) is 2.70. The Balaban J connectivity index is 1.48. The van der Waals surface area contributed by atoms with Crippen molar-refractivity contribution in [3.05, 3.63) is 17.5 Å². The van der Waals surface area contributed by atoms with Crippen molar-refractivity contribution in [3.63, 3.8) is 0 Å². The Kier molecular flexibility index (Phi) is 5.37. The van der Waals surface area contributed by atoms with E-state index < -0.39 is 5.97 Å². The maximum absolute atomic E-state index is 11.5. The minimum atomic E-state index is -0.461. The molecule has 1 saturated carbocycles. The molecule has 1 aliphatic rings. The van der Waals surface area contributed by atoms with E-state index in [0.29, 0.717) is 18.1 Å². The SMILES string of the molecule is CCOC(=O)c1cc(CSc2nnc(SCC3CC3)s2)on1. The molecule has 1 fully saturated rings. The van der Waals surface area contributed by atoms with Gasteiger partial charge in [0, 0.05) is 11.8 Å². The van der Waals surface area contributed by atoms with E-state index in [1.165, 1.54) is 24.6 Å². The first-order chi connectivity index (χ1) is 10.7. The number of esters is 1. The van der Waals surface area contributed by atoms with Crippen molar-refractivity contribution >= 4 is 40.8 Å². The van der Waals surface area contributed by atoms with Gasteiger partial charge in [0.2, 0.25) is 0 Å². The lowest BCUT2D eigenvalue weighted by Crippen LogP contribution is -2.04. The minimum absolute atomic E-state index is 0.204. The number of carbonyl (C=O) groups excluding carboxylic acids is 1. The fourth-order valence-corrected chi connectivity index (χ4v) is 4.71. The molecule has 2 aromatic heterocycles. The molecule has 6 nitrogen and oxygen atoms in total. The zero-order valence-electron chi connectivity index (χ0n) is 12.0. The molecule has 0 spiro atoms. The lowest BCUT2D eigenvalue weighted by molar-refractivity contribution is 0.0514. The van der Waals surface area contributed by atoms with Crippen LogP contribution >= 0.6 is 34.9 Å². The third-order valence-corrected chi connectivity index (χ3v) is 6.35. The van der Waals surface area contributed by atoms with Gasteiger partial charge >= 0.3 is 5.97 Å². The van der Waals surface area contributed by atoms with Crippen LogP contribution in [0, 0.1) is 5.92 Å². The Morgan fingerprint density at radius 2 is 2.18 bits per heavy atom. The van der Waals surface area contributed by atoms with Crippen LogP contribution in [0.5, 0.6) is 0 Å². The monoisotopic (exact) mass is 357 g/mol. The fourth-order valence-electron chi connectivity index (χ4n) is 1.60. The normalized spacial score (nSPS) is 14.2.